The number of aliphatic hydroxyl groups is 1. The monoisotopic (exact) mass is 389 g/mol. The Hall–Kier alpha value is -2.84. The molecule has 0 aliphatic rings. The van der Waals surface area contributed by atoms with E-state index >= 15 is 0 Å². The van der Waals surface area contributed by atoms with Gasteiger partial charge in [0.2, 0.25) is 0 Å². The zero-order chi connectivity index (χ0) is 19.2. The van der Waals surface area contributed by atoms with Gasteiger partial charge in [-0.3, -0.25) is 0 Å². The lowest BCUT2D eigenvalue weighted by Crippen LogP contribution is -2.26. The molecule has 0 unspecified atom stereocenters. The highest BCUT2D eigenvalue weighted by molar-refractivity contribution is 6.32. The maximum atomic E-state index is 10.4. The number of methoxy groups -OCH3 is 2. The van der Waals surface area contributed by atoms with Crippen LogP contribution < -0.4 is 14.8 Å². The topological polar surface area (TPSA) is 94.3 Å². The van der Waals surface area contributed by atoms with Crippen LogP contribution in [0.5, 0.6) is 11.5 Å². The van der Waals surface area contributed by atoms with E-state index in [0.717, 1.165) is 5.56 Å². The molecule has 0 saturated carbocycles. The summed E-state index contributed by atoms with van der Waals surface area (Å²) in [5.74, 6) is 1.68. The molecule has 9 heteroatoms. The Balaban J connectivity index is 1.67. The van der Waals surface area contributed by atoms with Gasteiger partial charge in [-0.1, -0.05) is 41.9 Å². The number of halogens is 1. The standard InChI is InChI=1S/C18H20ClN5O3/c1-26-16-9-17(27-2)15(8-14(16)19)20-10-13(25)11-24-18(21-22-23-24)12-6-4-3-5-7-12/h3-9,13,20,25H,10-11H2,1-2H3/t13-/m0/s1. The molecule has 0 radical (unpaired) electrons. The van der Waals surface area contributed by atoms with Crippen molar-refractivity contribution in [1.82, 2.24) is 20.2 Å². The maximum absolute atomic E-state index is 10.4. The number of ether oxygens (including phenoxy) is 2. The zero-order valence-electron chi connectivity index (χ0n) is 15.0. The van der Waals surface area contributed by atoms with Crippen LogP contribution in [0.15, 0.2) is 42.5 Å². The molecule has 3 aromatic rings. The highest BCUT2D eigenvalue weighted by atomic mass is 35.5. The summed E-state index contributed by atoms with van der Waals surface area (Å²) in [4.78, 5) is 0. The Morgan fingerprint density at radius 1 is 1.15 bits per heavy atom. The molecule has 0 saturated heterocycles. The fourth-order valence-corrected chi connectivity index (χ4v) is 2.85. The van der Waals surface area contributed by atoms with Gasteiger partial charge in [0.1, 0.15) is 11.5 Å². The molecule has 142 valence electrons. The SMILES string of the molecule is COc1cc(OC)c(NC[C@H](O)Cn2nnnc2-c2ccccc2)cc1Cl. The molecule has 8 nitrogen and oxygen atoms in total. The van der Waals surface area contributed by atoms with Crippen molar-refractivity contribution in [3.8, 4) is 22.9 Å². The quantitative estimate of drug-likeness (QED) is 0.611. The molecule has 1 aromatic heterocycles. The first-order valence-electron chi connectivity index (χ1n) is 8.27. The molecular formula is C18H20ClN5O3. The summed E-state index contributed by atoms with van der Waals surface area (Å²) in [5, 5.41) is 25.7. The molecule has 2 N–H and O–H groups in total. The van der Waals surface area contributed by atoms with Crippen molar-refractivity contribution in [1.29, 1.82) is 0 Å². The Labute approximate surface area is 161 Å². The van der Waals surface area contributed by atoms with Crippen molar-refractivity contribution in [2.75, 3.05) is 26.1 Å². The van der Waals surface area contributed by atoms with E-state index in [1.807, 2.05) is 30.3 Å². The molecule has 1 atom stereocenters. The molecule has 0 fully saturated rings. The zero-order valence-corrected chi connectivity index (χ0v) is 15.7. The van der Waals surface area contributed by atoms with Crippen molar-refractivity contribution in [3.63, 3.8) is 0 Å². The van der Waals surface area contributed by atoms with Crippen LogP contribution in [0.3, 0.4) is 0 Å². The van der Waals surface area contributed by atoms with Crippen molar-refractivity contribution in [3.05, 3.63) is 47.5 Å². The van der Waals surface area contributed by atoms with Crippen LogP contribution in [0.1, 0.15) is 0 Å². The molecule has 0 amide bonds. The average Bonchev–Trinajstić information content (AvgIpc) is 3.15. The van der Waals surface area contributed by atoms with Gasteiger partial charge >= 0.3 is 0 Å². The number of hydrogen-bond acceptors (Lipinski definition) is 7. The summed E-state index contributed by atoms with van der Waals surface area (Å²) in [7, 11) is 3.09. The van der Waals surface area contributed by atoms with Crippen molar-refractivity contribution in [2.24, 2.45) is 0 Å². The van der Waals surface area contributed by atoms with Crippen LogP contribution >= 0.6 is 11.6 Å². The number of nitrogens with zero attached hydrogens (tertiary/aromatic N) is 4. The third kappa shape index (κ3) is 4.47. The summed E-state index contributed by atoms with van der Waals surface area (Å²) in [6, 6.07) is 12.9. The summed E-state index contributed by atoms with van der Waals surface area (Å²) in [5.41, 5.74) is 1.54. The molecule has 27 heavy (non-hydrogen) atoms. The molecule has 3 rings (SSSR count). The van der Waals surface area contributed by atoms with E-state index in [2.05, 4.69) is 20.8 Å². The first kappa shape index (κ1) is 18.9. The molecule has 0 aliphatic carbocycles. The Kier molecular flexibility index (Phi) is 6.10. The van der Waals surface area contributed by atoms with Crippen LogP contribution in [-0.4, -0.2) is 52.2 Å². The second-order valence-corrected chi connectivity index (χ2v) is 6.18. The van der Waals surface area contributed by atoms with Gasteiger partial charge in [-0.05, 0) is 16.5 Å². The van der Waals surface area contributed by atoms with E-state index in [1.54, 1.807) is 23.9 Å². The van der Waals surface area contributed by atoms with Gasteiger partial charge in [0.25, 0.3) is 0 Å². The molecule has 0 spiro atoms. The average molecular weight is 390 g/mol. The fourth-order valence-electron chi connectivity index (χ4n) is 2.61. The highest BCUT2D eigenvalue weighted by Gasteiger charge is 2.15. The summed E-state index contributed by atoms with van der Waals surface area (Å²) >= 11 is 6.16. The maximum Gasteiger partial charge on any atom is 0.182 e. The van der Waals surface area contributed by atoms with Crippen LogP contribution in [-0.2, 0) is 6.54 Å². The minimum atomic E-state index is -0.735. The lowest BCUT2D eigenvalue weighted by atomic mass is 10.2. The van der Waals surface area contributed by atoms with Gasteiger partial charge in [-0.15, -0.1) is 5.10 Å². The first-order chi connectivity index (χ1) is 13.1. The van der Waals surface area contributed by atoms with Gasteiger partial charge in [0.05, 0.1) is 37.6 Å². The minimum absolute atomic E-state index is 0.233. The van der Waals surface area contributed by atoms with Gasteiger partial charge in [0.15, 0.2) is 5.82 Å². The lowest BCUT2D eigenvalue weighted by Gasteiger charge is -2.16. The third-order valence-corrected chi connectivity index (χ3v) is 4.25. The normalized spacial score (nSPS) is 11.9. The highest BCUT2D eigenvalue weighted by Crippen LogP contribution is 2.35. The second-order valence-electron chi connectivity index (χ2n) is 5.77. The third-order valence-electron chi connectivity index (χ3n) is 3.95. The van der Waals surface area contributed by atoms with E-state index in [-0.39, 0.29) is 13.1 Å². The van der Waals surface area contributed by atoms with Gasteiger partial charge in [-0.25, -0.2) is 4.68 Å². The van der Waals surface area contributed by atoms with Gasteiger partial charge < -0.3 is 19.9 Å². The second kappa shape index (κ2) is 8.70. The van der Waals surface area contributed by atoms with Crippen molar-refractivity contribution >= 4 is 17.3 Å². The fraction of sp³-hybridized carbons (Fsp3) is 0.278. The van der Waals surface area contributed by atoms with Gasteiger partial charge in [-0.2, -0.15) is 0 Å². The molecule has 0 bridgehead atoms. The van der Waals surface area contributed by atoms with E-state index in [0.29, 0.717) is 28.0 Å². The van der Waals surface area contributed by atoms with E-state index in [1.165, 1.54) is 7.11 Å². The molecule has 1 heterocycles. The van der Waals surface area contributed by atoms with E-state index in [9.17, 15) is 5.11 Å². The van der Waals surface area contributed by atoms with E-state index < -0.39 is 6.10 Å². The molecular weight excluding hydrogens is 370 g/mol. The number of rotatable bonds is 8. The van der Waals surface area contributed by atoms with Crippen LogP contribution in [0.25, 0.3) is 11.4 Å². The summed E-state index contributed by atoms with van der Waals surface area (Å²) in [6.07, 6.45) is -0.735. The largest absolute Gasteiger partial charge is 0.495 e. The smallest absolute Gasteiger partial charge is 0.182 e. The van der Waals surface area contributed by atoms with Crippen LogP contribution in [0.2, 0.25) is 5.02 Å². The van der Waals surface area contributed by atoms with Crippen molar-refractivity contribution in [2.45, 2.75) is 12.6 Å². The Morgan fingerprint density at radius 3 is 2.59 bits per heavy atom. The predicted octanol–water partition coefficient (Wildman–Crippen LogP) is 2.48. The number of benzene rings is 2. The number of tetrazole rings is 1. The minimum Gasteiger partial charge on any atom is -0.495 e. The molecule has 2 aromatic carbocycles. The number of nitrogens with one attached hydrogen (secondary N) is 1. The van der Waals surface area contributed by atoms with Crippen LogP contribution in [0, 0.1) is 0 Å². The predicted molar refractivity (Wildman–Crippen MR) is 102 cm³/mol. The summed E-state index contributed by atoms with van der Waals surface area (Å²) < 4.78 is 12.1. The van der Waals surface area contributed by atoms with Gasteiger partial charge in [0, 0.05) is 18.2 Å². The lowest BCUT2D eigenvalue weighted by molar-refractivity contribution is 0.161. The Bertz CT molecular complexity index is 888. The van der Waals surface area contributed by atoms with Crippen molar-refractivity contribution < 1.29 is 14.6 Å². The number of hydrogen-bond donors (Lipinski definition) is 2. The number of aromatic nitrogens is 4. The Morgan fingerprint density at radius 2 is 1.89 bits per heavy atom. The number of aliphatic hydroxyl groups excluding tert-OH is 1. The summed E-state index contributed by atoms with van der Waals surface area (Å²) in [6.45, 7) is 0.490. The van der Waals surface area contributed by atoms with E-state index in [4.69, 9.17) is 21.1 Å². The number of anilines is 1. The molecule has 0 aliphatic heterocycles. The first-order valence-corrected chi connectivity index (χ1v) is 8.65. The van der Waals surface area contributed by atoms with Crippen LogP contribution in [0.4, 0.5) is 5.69 Å².